The molecule has 0 saturated carbocycles. The third kappa shape index (κ3) is 3.52. The van der Waals surface area contributed by atoms with E-state index in [2.05, 4.69) is 5.32 Å². The molecule has 1 rings (SSSR count). The van der Waals surface area contributed by atoms with Crippen LogP contribution >= 0.6 is 34.8 Å². The van der Waals surface area contributed by atoms with Gasteiger partial charge in [0, 0.05) is 5.56 Å². The Kier molecular flexibility index (Phi) is 4.44. The minimum absolute atomic E-state index is 0.427. The summed E-state index contributed by atoms with van der Waals surface area (Å²) in [6.07, 6.45) is -1.55. The molecule has 0 saturated heterocycles. The molecular weight excluding hydrogens is 272 g/mol. The number of hydrogen-bond acceptors (Lipinski definition) is 2. The van der Waals surface area contributed by atoms with Gasteiger partial charge in [0.2, 0.25) is 3.79 Å². The molecule has 6 heteroatoms. The molecular formula is C10H10Cl3NO2. The van der Waals surface area contributed by atoms with Gasteiger partial charge in [-0.2, -0.15) is 0 Å². The van der Waals surface area contributed by atoms with E-state index in [1.165, 1.54) is 0 Å². The summed E-state index contributed by atoms with van der Waals surface area (Å²) in [5.74, 6) is -0.489. The van der Waals surface area contributed by atoms with Crippen LogP contribution in [-0.2, 0) is 0 Å². The van der Waals surface area contributed by atoms with Crippen molar-refractivity contribution < 1.29 is 9.90 Å². The lowest BCUT2D eigenvalue weighted by molar-refractivity contribution is 0.0791. The Balaban J connectivity index is 2.78. The lowest BCUT2D eigenvalue weighted by Gasteiger charge is -2.20. The first-order chi connectivity index (χ1) is 7.32. The number of benzene rings is 1. The molecule has 0 aliphatic heterocycles. The van der Waals surface area contributed by atoms with Gasteiger partial charge in [-0.3, -0.25) is 4.79 Å². The van der Waals surface area contributed by atoms with E-state index in [1.807, 2.05) is 0 Å². The molecule has 2 N–H and O–H groups in total. The first kappa shape index (κ1) is 13.6. The molecule has 0 aliphatic carbocycles. The fourth-order valence-corrected chi connectivity index (χ4v) is 1.28. The zero-order chi connectivity index (χ0) is 12.3. The Morgan fingerprint density at radius 3 is 2.44 bits per heavy atom. The number of carbonyl (C=O) groups excluding carboxylic acids is 1. The number of aryl methyl sites for hydroxylation is 1. The lowest BCUT2D eigenvalue weighted by Crippen LogP contribution is -2.43. The van der Waals surface area contributed by atoms with Gasteiger partial charge in [-0.15, -0.1) is 0 Å². The second-order valence-corrected chi connectivity index (χ2v) is 5.60. The number of hydrogen-bond donors (Lipinski definition) is 2. The number of nitrogens with one attached hydrogen (secondary N) is 1. The van der Waals surface area contributed by atoms with Crippen LogP contribution in [0, 0.1) is 6.92 Å². The zero-order valence-corrected chi connectivity index (χ0v) is 10.6. The molecule has 1 amide bonds. The average molecular weight is 283 g/mol. The summed E-state index contributed by atoms with van der Waals surface area (Å²) in [5.41, 5.74) is 1.20. The molecule has 1 atom stereocenters. The fraction of sp³-hybridized carbons (Fsp3) is 0.300. The second kappa shape index (κ2) is 5.23. The standard InChI is InChI=1S/C10H10Cl3NO2/c1-6-4-2-3-5-7(6)8(15)14-9(16)10(11,12)13/h2-5,9,16H,1H3,(H,14,15). The van der Waals surface area contributed by atoms with Gasteiger partial charge in [0.1, 0.15) is 0 Å². The number of rotatable bonds is 2. The minimum Gasteiger partial charge on any atom is -0.369 e. The molecule has 3 nitrogen and oxygen atoms in total. The quantitative estimate of drug-likeness (QED) is 0.646. The monoisotopic (exact) mass is 281 g/mol. The van der Waals surface area contributed by atoms with E-state index >= 15 is 0 Å². The molecule has 0 heterocycles. The summed E-state index contributed by atoms with van der Waals surface area (Å²) >= 11 is 16.3. The fourth-order valence-electron chi connectivity index (χ4n) is 1.11. The van der Waals surface area contributed by atoms with Crippen molar-refractivity contribution in [3.8, 4) is 0 Å². The number of aliphatic hydroxyl groups excluding tert-OH is 1. The topological polar surface area (TPSA) is 49.3 Å². The van der Waals surface area contributed by atoms with Crippen LogP contribution in [0.15, 0.2) is 24.3 Å². The molecule has 1 aromatic carbocycles. The van der Waals surface area contributed by atoms with Crippen LogP contribution in [0.2, 0.25) is 0 Å². The third-order valence-electron chi connectivity index (χ3n) is 1.97. The molecule has 88 valence electrons. The Bertz CT molecular complexity index is 390. The molecule has 0 fully saturated rings. The molecule has 1 aromatic rings. The van der Waals surface area contributed by atoms with Crippen molar-refractivity contribution in [2.45, 2.75) is 16.9 Å². The van der Waals surface area contributed by atoms with Crippen molar-refractivity contribution in [3.63, 3.8) is 0 Å². The Morgan fingerprint density at radius 2 is 1.94 bits per heavy atom. The summed E-state index contributed by atoms with van der Waals surface area (Å²) < 4.78 is -1.95. The van der Waals surface area contributed by atoms with Crippen molar-refractivity contribution in [1.82, 2.24) is 5.32 Å². The van der Waals surface area contributed by atoms with Crippen molar-refractivity contribution >= 4 is 40.7 Å². The summed E-state index contributed by atoms with van der Waals surface area (Å²) in [6.45, 7) is 1.77. The van der Waals surface area contributed by atoms with Gasteiger partial charge in [0.25, 0.3) is 5.91 Å². The Hall–Kier alpha value is -0.480. The van der Waals surface area contributed by atoms with Gasteiger partial charge < -0.3 is 10.4 Å². The number of amides is 1. The first-order valence-corrected chi connectivity index (χ1v) is 5.57. The van der Waals surface area contributed by atoms with Gasteiger partial charge in [0.15, 0.2) is 6.23 Å². The van der Waals surface area contributed by atoms with Gasteiger partial charge in [-0.25, -0.2) is 0 Å². The number of aliphatic hydroxyl groups is 1. The third-order valence-corrected chi connectivity index (χ3v) is 2.59. The maximum absolute atomic E-state index is 11.7. The summed E-state index contributed by atoms with van der Waals surface area (Å²) in [6, 6.07) is 6.91. The highest BCUT2D eigenvalue weighted by Crippen LogP contribution is 2.29. The minimum atomic E-state index is -1.95. The van der Waals surface area contributed by atoms with Crippen LogP contribution in [0.4, 0.5) is 0 Å². The SMILES string of the molecule is Cc1ccccc1C(=O)NC(O)C(Cl)(Cl)Cl. The average Bonchev–Trinajstić information content (AvgIpc) is 2.16. The maximum atomic E-state index is 11.7. The van der Waals surface area contributed by atoms with Crippen molar-refractivity contribution in [3.05, 3.63) is 35.4 Å². The summed E-state index contributed by atoms with van der Waals surface area (Å²) in [7, 11) is 0. The van der Waals surface area contributed by atoms with E-state index in [0.717, 1.165) is 5.56 Å². The molecule has 0 radical (unpaired) electrons. The summed E-state index contributed by atoms with van der Waals surface area (Å²) in [4.78, 5) is 11.7. The number of carbonyl (C=O) groups is 1. The molecule has 1 unspecified atom stereocenters. The van der Waals surface area contributed by atoms with Gasteiger partial charge in [0.05, 0.1) is 0 Å². The van der Waals surface area contributed by atoms with Crippen molar-refractivity contribution in [1.29, 1.82) is 0 Å². The van der Waals surface area contributed by atoms with E-state index in [4.69, 9.17) is 34.8 Å². The van der Waals surface area contributed by atoms with E-state index in [0.29, 0.717) is 5.56 Å². The highest BCUT2D eigenvalue weighted by Gasteiger charge is 2.32. The van der Waals surface area contributed by atoms with Crippen LogP contribution in [0.3, 0.4) is 0 Å². The molecule has 0 aliphatic rings. The first-order valence-electron chi connectivity index (χ1n) is 4.43. The predicted molar refractivity (Wildman–Crippen MR) is 64.9 cm³/mol. The Labute approximate surface area is 108 Å². The molecule has 16 heavy (non-hydrogen) atoms. The van der Waals surface area contributed by atoms with Crippen LogP contribution < -0.4 is 5.32 Å². The molecule has 0 aromatic heterocycles. The van der Waals surface area contributed by atoms with Gasteiger partial charge in [-0.1, -0.05) is 53.0 Å². The smallest absolute Gasteiger partial charge is 0.253 e. The molecule has 0 bridgehead atoms. The lowest BCUT2D eigenvalue weighted by atomic mass is 10.1. The highest BCUT2D eigenvalue weighted by molar-refractivity contribution is 6.68. The van der Waals surface area contributed by atoms with Crippen molar-refractivity contribution in [2.75, 3.05) is 0 Å². The molecule has 0 spiro atoms. The highest BCUT2D eigenvalue weighted by atomic mass is 35.6. The second-order valence-electron chi connectivity index (χ2n) is 3.23. The normalized spacial score (nSPS) is 13.3. The van der Waals surface area contributed by atoms with E-state index < -0.39 is 15.9 Å². The van der Waals surface area contributed by atoms with E-state index in [9.17, 15) is 9.90 Å². The van der Waals surface area contributed by atoms with Gasteiger partial charge in [-0.05, 0) is 18.6 Å². The largest absolute Gasteiger partial charge is 0.369 e. The summed E-state index contributed by atoms with van der Waals surface area (Å²) in [5, 5.41) is 11.6. The Morgan fingerprint density at radius 1 is 1.38 bits per heavy atom. The van der Waals surface area contributed by atoms with Crippen LogP contribution in [0.25, 0.3) is 0 Å². The maximum Gasteiger partial charge on any atom is 0.253 e. The number of alkyl halides is 3. The van der Waals surface area contributed by atoms with Crippen LogP contribution in [-0.4, -0.2) is 21.0 Å². The van der Waals surface area contributed by atoms with Crippen LogP contribution in [0.5, 0.6) is 0 Å². The number of halogens is 3. The van der Waals surface area contributed by atoms with E-state index in [1.54, 1.807) is 31.2 Å². The van der Waals surface area contributed by atoms with Crippen LogP contribution in [0.1, 0.15) is 15.9 Å². The van der Waals surface area contributed by atoms with Gasteiger partial charge >= 0.3 is 0 Å². The predicted octanol–water partition coefficient (Wildman–Crippen LogP) is 2.41. The zero-order valence-electron chi connectivity index (χ0n) is 8.38. The van der Waals surface area contributed by atoms with E-state index in [-0.39, 0.29) is 0 Å². The van der Waals surface area contributed by atoms with Crippen molar-refractivity contribution in [2.24, 2.45) is 0 Å².